The van der Waals surface area contributed by atoms with Crippen molar-refractivity contribution in [1.82, 2.24) is 20.2 Å². The Morgan fingerprint density at radius 3 is 2.91 bits per heavy atom. The molecular weight excluding hydrogens is 451 g/mol. The SMILES string of the molecule is O=C(O)Cc1ccc(Nc2nc(N3CCc4cn[nH]c4C3)nc3c2S(=O)(=O)CCC3)cc1F. The predicted molar refractivity (Wildman–Crippen MR) is 117 cm³/mol. The predicted octanol–water partition coefficient (Wildman–Crippen LogP) is 1.99. The van der Waals surface area contributed by atoms with E-state index >= 15 is 0 Å². The number of hydrogen-bond acceptors (Lipinski definition) is 8. The molecule has 2 aromatic heterocycles. The van der Waals surface area contributed by atoms with Gasteiger partial charge in [-0.2, -0.15) is 10.1 Å². The molecule has 5 rings (SSSR count). The normalized spacial score (nSPS) is 16.7. The minimum atomic E-state index is -3.61. The van der Waals surface area contributed by atoms with Gasteiger partial charge >= 0.3 is 5.97 Å². The van der Waals surface area contributed by atoms with Crippen molar-refractivity contribution in [3.8, 4) is 0 Å². The number of aryl methyl sites for hydroxylation is 1. The molecular formula is C21H21FN6O4S. The van der Waals surface area contributed by atoms with E-state index in [-0.39, 0.29) is 27.7 Å². The van der Waals surface area contributed by atoms with Crippen LogP contribution in [0, 0.1) is 5.82 Å². The number of fused-ring (bicyclic) bond motifs is 2. The Bertz CT molecular complexity index is 1360. The number of carbonyl (C=O) groups is 1. The first kappa shape index (κ1) is 21.3. The smallest absolute Gasteiger partial charge is 0.307 e. The zero-order valence-electron chi connectivity index (χ0n) is 17.5. The number of rotatable bonds is 5. The van der Waals surface area contributed by atoms with Crippen LogP contribution in [0.3, 0.4) is 0 Å². The molecule has 3 N–H and O–H groups in total. The number of halogens is 1. The summed E-state index contributed by atoms with van der Waals surface area (Å²) in [6.07, 6.45) is 3.06. The van der Waals surface area contributed by atoms with Crippen LogP contribution < -0.4 is 10.2 Å². The summed E-state index contributed by atoms with van der Waals surface area (Å²) in [5.74, 6) is -1.37. The maximum absolute atomic E-state index is 14.4. The first-order valence-electron chi connectivity index (χ1n) is 10.5. The molecule has 172 valence electrons. The highest BCUT2D eigenvalue weighted by Crippen LogP contribution is 2.34. The molecule has 33 heavy (non-hydrogen) atoms. The average molecular weight is 473 g/mol. The van der Waals surface area contributed by atoms with Crippen molar-refractivity contribution < 1.29 is 22.7 Å². The van der Waals surface area contributed by atoms with Crippen molar-refractivity contribution in [3.63, 3.8) is 0 Å². The molecule has 2 aliphatic rings. The van der Waals surface area contributed by atoms with Gasteiger partial charge in [0.25, 0.3) is 0 Å². The Morgan fingerprint density at radius 2 is 2.12 bits per heavy atom. The fourth-order valence-corrected chi connectivity index (χ4v) is 5.82. The third-order valence-electron chi connectivity index (χ3n) is 5.81. The molecule has 12 heteroatoms. The van der Waals surface area contributed by atoms with E-state index in [9.17, 15) is 17.6 Å². The van der Waals surface area contributed by atoms with Gasteiger partial charge in [0.2, 0.25) is 5.95 Å². The lowest BCUT2D eigenvalue weighted by Crippen LogP contribution is -2.33. The zero-order valence-corrected chi connectivity index (χ0v) is 18.3. The van der Waals surface area contributed by atoms with Crippen LogP contribution in [0.5, 0.6) is 0 Å². The summed E-state index contributed by atoms with van der Waals surface area (Å²) in [7, 11) is -3.61. The lowest BCUT2D eigenvalue weighted by atomic mass is 10.1. The quantitative estimate of drug-likeness (QED) is 0.508. The van der Waals surface area contributed by atoms with E-state index in [4.69, 9.17) is 5.11 Å². The van der Waals surface area contributed by atoms with E-state index < -0.39 is 28.0 Å². The van der Waals surface area contributed by atoms with Gasteiger partial charge in [-0.05, 0) is 42.5 Å². The molecule has 0 saturated heterocycles. The summed E-state index contributed by atoms with van der Waals surface area (Å²) in [5, 5.41) is 18.9. The van der Waals surface area contributed by atoms with Crippen molar-refractivity contribution in [2.24, 2.45) is 0 Å². The molecule has 0 fully saturated rings. The molecule has 0 aliphatic carbocycles. The average Bonchev–Trinajstić information content (AvgIpc) is 3.22. The molecule has 0 radical (unpaired) electrons. The Kier molecular flexibility index (Phi) is 5.23. The number of nitrogens with one attached hydrogen (secondary N) is 2. The summed E-state index contributed by atoms with van der Waals surface area (Å²) in [5.41, 5.74) is 2.83. The molecule has 2 aliphatic heterocycles. The van der Waals surface area contributed by atoms with Gasteiger partial charge in [0, 0.05) is 12.2 Å². The maximum atomic E-state index is 14.4. The number of nitrogens with zero attached hydrogens (tertiary/aromatic N) is 4. The first-order valence-corrected chi connectivity index (χ1v) is 12.1. The van der Waals surface area contributed by atoms with Crippen LogP contribution >= 0.6 is 0 Å². The number of aromatic amines is 1. The summed E-state index contributed by atoms with van der Waals surface area (Å²) < 4.78 is 40.1. The minimum Gasteiger partial charge on any atom is -0.481 e. The molecule has 0 amide bonds. The number of hydrogen-bond donors (Lipinski definition) is 3. The molecule has 1 aromatic carbocycles. The second-order valence-electron chi connectivity index (χ2n) is 8.12. The Labute approximate surface area is 188 Å². The number of sulfone groups is 1. The van der Waals surface area contributed by atoms with Gasteiger partial charge in [0.1, 0.15) is 10.7 Å². The fourth-order valence-electron chi connectivity index (χ4n) is 4.19. The van der Waals surface area contributed by atoms with Crippen LogP contribution in [0.25, 0.3) is 0 Å². The molecule has 0 bridgehead atoms. The van der Waals surface area contributed by atoms with Gasteiger partial charge in [-0.1, -0.05) is 6.07 Å². The minimum absolute atomic E-state index is 0.00941. The number of aromatic nitrogens is 4. The highest BCUT2D eigenvalue weighted by atomic mass is 32.2. The maximum Gasteiger partial charge on any atom is 0.307 e. The third kappa shape index (κ3) is 4.13. The summed E-state index contributed by atoms with van der Waals surface area (Å²) in [6, 6.07) is 4.00. The molecule has 0 spiro atoms. The van der Waals surface area contributed by atoms with Crippen molar-refractivity contribution in [2.75, 3.05) is 22.5 Å². The van der Waals surface area contributed by atoms with Gasteiger partial charge in [-0.3, -0.25) is 9.89 Å². The number of carboxylic acids is 1. The standard InChI is InChI=1S/C21H21FN6O4S/c22-15-9-14(4-3-12(15)8-18(29)30)24-20-19-16(2-1-7-33(19,31)32)25-21(26-20)28-6-5-13-10-23-27-17(13)11-28/h3-4,9-10H,1-2,5-8,11H2,(H,23,27)(H,29,30)(H,24,25,26). The summed E-state index contributed by atoms with van der Waals surface area (Å²) in [4.78, 5) is 22.0. The largest absolute Gasteiger partial charge is 0.481 e. The lowest BCUT2D eigenvalue weighted by Gasteiger charge is -2.28. The summed E-state index contributed by atoms with van der Waals surface area (Å²) in [6.45, 7) is 1.16. The monoisotopic (exact) mass is 472 g/mol. The van der Waals surface area contributed by atoms with Gasteiger partial charge in [-0.25, -0.2) is 17.8 Å². The molecule has 0 unspecified atom stereocenters. The van der Waals surface area contributed by atoms with E-state index in [0.29, 0.717) is 37.6 Å². The second-order valence-corrected chi connectivity index (χ2v) is 10.2. The van der Waals surface area contributed by atoms with Gasteiger partial charge in [-0.15, -0.1) is 0 Å². The number of anilines is 3. The van der Waals surface area contributed by atoms with E-state index in [2.05, 4.69) is 25.5 Å². The van der Waals surface area contributed by atoms with E-state index in [1.807, 2.05) is 4.90 Å². The molecule has 0 saturated carbocycles. The van der Waals surface area contributed by atoms with Crippen LogP contribution in [0.4, 0.5) is 21.8 Å². The Morgan fingerprint density at radius 1 is 1.27 bits per heavy atom. The highest BCUT2D eigenvalue weighted by Gasteiger charge is 2.32. The van der Waals surface area contributed by atoms with Crippen LogP contribution in [-0.4, -0.2) is 52.0 Å². The van der Waals surface area contributed by atoms with E-state index in [1.54, 1.807) is 6.20 Å². The topological polar surface area (TPSA) is 141 Å². The van der Waals surface area contributed by atoms with Gasteiger partial charge in [0.05, 0.1) is 36.3 Å². The molecule has 10 nitrogen and oxygen atoms in total. The summed E-state index contributed by atoms with van der Waals surface area (Å²) >= 11 is 0. The van der Waals surface area contributed by atoms with Gasteiger partial charge < -0.3 is 15.3 Å². The number of H-pyrrole nitrogens is 1. The van der Waals surface area contributed by atoms with Gasteiger partial charge in [0.15, 0.2) is 15.7 Å². The Hall–Kier alpha value is -3.54. The van der Waals surface area contributed by atoms with Crippen LogP contribution in [-0.2, 0) is 40.4 Å². The van der Waals surface area contributed by atoms with Crippen LogP contribution in [0.15, 0.2) is 29.3 Å². The Balaban J connectivity index is 1.54. The number of aliphatic carboxylic acids is 1. The lowest BCUT2D eigenvalue weighted by molar-refractivity contribution is -0.136. The van der Waals surface area contributed by atoms with Crippen molar-refractivity contribution >= 4 is 33.3 Å². The van der Waals surface area contributed by atoms with Crippen molar-refractivity contribution in [1.29, 1.82) is 0 Å². The number of carboxylic acid groups (broad SMARTS) is 1. The first-order chi connectivity index (χ1) is 15.8. The molecule has 0 atom stereocenters. The second kappa shape index (κ2) is 8.10. The van der Waals surface area contributed by atoms with Crippen LogP contribution in [0.2, 0.25) is 0 Å². The number of benzene rings is 1. The van der Waals surface area contributed by atoms with Crippen molar-refractivity contribution in [3.05, 3.63) is 52.7 Å². The zero-order chi connectivity index (χ0) is 23.2. The van der Waals surface area contributed by atoms with E-state index in [1.165, 1.54) is 12.1 Å². The van der Waals surface area contributed by atoms with Crippen molar-refractivity contribution in [2.45, 2.75) is 37.1 Å². The van der Waals surface area contributed by atoms with E-state index in [0.717, 1.165) is 23.7 Å². The fraction of sp³-hybridized carbons (Fsp3) is 0.333. The molecule has 3 aromatic rings. The third-order valence-corrected chi connectivity index (χ3v) is 7.69. The highest BCUT2D eigenvalue weighted by molar-refractivity contribution is 7.91. The van der Waals surface area contributed by atoms with Crippen LogP contribution in [0.1, 0.15) is 28.9 Å². The molecule has 4 heterocycles.